The van der Waals surface area contributed by atoms with Gasteiger partial charge in [-0.2, -0.15) is 11.3 Å². The number of thiophene rings is 1. The van der Waals surface area contributed by atoms with Crippen molar-refractivity contribution in [3.05, 3.63) is 46.7 Å². The molecule has 0 saturated heterocycles. The number of nitrogens with one attached hydrogen (secondary N) is 1. The molecule has 1 N–H and O–H groups in total. The fourth-order valence-corrected chi connectivity index (χ4v) is 2.68. The van der Waals surface area contributed by atoms with Gasteiger partial charge in [0.1, 0.15) is 5.75 Å². The summed E-state index contributed by atoms with van der Waals surface area (Å²) in [6, 6.07) is 6.55. The summed E-state index contributed by atoms with van der Waals surface area (Å²) in [7, 11) is 0. The number of carbonyl (C=O) groups excluding carboxylic acids is 2. The summed E-state index contributed by atoms with van der Waals surface area (Å²) >= 11 is 1.53. The highest BCUT2D eigenvalue weighted by atomic mass is 32.1. The van der Waals surface area contributed by atoms with Crippen LogP contribution in [0.1, 0.15) is 18.9 Å². The molecule has 1 heterocycles. The van der Waals surface area contributed by atoms with E-state index in [-0.39, 0.29) is 12.1 Å². The number of amides is 1. The summed E-state index contributed by atoms with van der Waals surface area (Å²) in [6.07, 6.45) is -5.14. The van der Waals surface area contributed by atoms with E-state index in [0.717, 1.165) is 17.7 Å². The molecule has 0 unspecified atom stereocenters. The van der Waals surface area contributed by atoms with Crippen molar-refractivity contribution in [3.8, 4) is 5.75 Å². The van der Waals surface area contributed by atoms with Gasteiger partial charge in [-0.1, -0.05) is 0 Å². The second-order valence-corrected chi connectivity index (χ2v) is 6.11. The second-order valence-electron chi connectivity index (χ2n) is 5.33. The first kappa shape index (κ1) is 19.8. The summed E-state index contributed by atoms with van der Waals surface area (Å²) in [5.74, 6) is -1.49. The van der Waals surface area contributed by atoms with E-state index in [1.54, 1.807) is 0 Å². The average Bonchev–Trinajstić information content (AvgIpc) is 3.07. The third kappa shape index (κ3) is 6.75. The SMILES string of the molecule is C[C@@H](OC(=O)CCc1ccsc1)C(=O)Nc1ccc(OC(F)(F)F)cc1. The number of hydrogen-bond acceptors (Lipinski definition) is 5. The Morgan fingerprint density at radius 1 is 1.19 bits per heavy atom. The van der Waals surface area contributed by atoms with Crippen LogP contribution in [0, 0.1) is 0 Å². The maximum Gasteiger partial charge on any atom is 0.573 e. The van der Waals surface area contributed by atoms with Gasteiger partial charge in [0, 0.05) is 12.1 Å². The zero-order chi connectivity index (χ0) is 19.2. The Bertz CT molecular complexity index is 729. The quantitative estimate of drug-likeness (QED) is 0.725. The molecule has 1 amide bonds. The molecular weight excluding hydrogens is 371 g/mol. The normalized spacial score (nSPS) is 12.3. The molecule has 0 fully saturated rings. The number of ether oxygens (including phenoxy) is 2. The van der Waals surface area contributed by atoms with Gasteiger partial charge in [0.2, 0.25) is 0 Å². The van der Waals surface area contributed by atoms with Crippen LogP contribution < -0.4 is 10.1 Å². The molecule has 2 aromatic rings. The van der Waals surface area contributed by atoms with Gasteiger partial charge >= 0.3 is 12.3 Å². The maximum absolute atomic E-state index is 12.1. The fourth-order valence-electron chi connectivity index (χ4n) is 1.97. The molecule has 1 atom stereocenters. The Kier molecular flexibility index (Phi) is 6.62. The number of benzene rings is 1. The number of aryl methyl sites for hydroxylation is 1. The smallest absolute Gasteiger partial charge is 0.453 e. The van der Waals surface area contributed by atoms with Crippen molar-refractivity contribution in [1.82, 2.24) is 0 Å². The van der Waals surface area contributed by atoms with Gasteiger partial charge in [-0.05, 0) is 60.0 Å². The van der Waals surface area contributed by atoms with Gasteiger partial charge < -0.3 is 14.8 Å². The van der Waals surface area contributed by atoms with E-state index in [1.807, 2.05) is 16.8 Å². The third-order valence-electron chi connectivity index (χ3n) is 3.23. The molecule has 1 aromatic carbocycles. The summed E-state index contributed by atoms with van der Waals surface area (Å²) in [6.45, 7) is 1.42. The molecular formula is C17H16F3NO4S. The van der Waals surface area contributed by atoms with Crippen molar-refractivity contribution < 1.29 is 32.2 Å². The van der Waals surface area contributed by atoms with Crippen molar-refractivity contribution in [1.29, 1.82) is 0 Å². The Balaban J connectivity index is 1.79. The lowest BCUT2D eigenvalue weighted by molar-refractivity contribution is -0.274. The average molecular weight is 387 g/mol. The van der Waals surface area contributed by atoms with Crippen LogP contribution in [0.25, 0.3) is 0 Å². The molecule has 140 valence electrons. The van der Waals surface area contributed by atoms with Crippen LogP contribution in [-0.2, 0) is 20.7 Å². The van der Waals surface area contributed by atoms with Gasteiger partial charge in [-0.15, -0.1) is 13.2 Å². The minimum atomic E-state index is -4.78. The highest BCUT2D eigenvalue weighted by molar-refractivity contribution is 7.07. The lowest BCUT2D eigenvalue weighted by atomic mass is 10.2. The summed E-state index contributed by atoms with van der Waals surface area (Å²) in [4.78, 5) is 23.8. The van der Waals surface area contributed by atoms with Crippen LogP contribution in [0.15, 0.2) is 41.1 Å². The second kappa shape index (κ2) is 8.70. The number of esters is 1. The van der Waals surface area contributed by atoms with E-state index in [2.05, 4.69) is 10.1 Å². The molecule has 0 aliphatic heterocycles. The molecule has 1 aromatic heterocycles. The maximum atomic E-state index is 12.1. The van der Waals surface area contributed by atoms with Crippen LogP contribution in [0.2, 0.25) is 0 Å². The fraction of sp³-hybridized carbons (Fsp3) is 0.294. The molecule has 0 saturated carbocycles. The number of rotatable bonds is 7. The van der Waals surface area contributed by atoms with E-state index in [4.69, 9.17) is 4.74 Å². The Morgan fingerprint density at radius 2 is 1.88 bits per heavy atom. The number of anilines is 1. The molecule has 2 rings (SSSR count). The van der Waals surface area contributed by atoms with E-state index in [1.165, 1.54) is 30.4 Å². The standard InChI is InChI=1S/C17H16F3NO4S/c1-11(24-15(22)7-2-12-8-9-26-10-12)16(23)21-13-3-5-14(6-4-13)25-17(18,19)20/h3-6,8-11H,2,7H2,1H3,(H,21,23)/t11-/m1/s1. The summed E-state index contributed by atoms with van der Waals surface area (Å²) < 4.78 is 45.1. The number of halogens is 3. The molecule has 9 heteroatoms. The first-order chi connectivity index (χ1) is 12.2. The molecule has 0 spiro atoms. The molecule has 0 aliphatic rings. The van der Waals surface area contributed by atoms with Crippen molar-refractivity contribution in [2.75, 3.05) is 5.32 Å². The van der Waals surface area contributed by atoms with Gasteiger partial charge in [0.15, 0.2) is 6.10 Å². The monoisotopic (exact) mass is 387 g/mol. The first-order valence-corrected chi connectivity index (χ1v) is 8.54. The van der Waals surface area contributed by atoms with Crippen LogP contribution in [-0.4, -0.2) is 24.3 Å². The van der Waals surface area contributed by atoms with E-state index < -0.39 is 30.1 Å². The number of alkyl halides is 3. The van der Waals surface area contributed by atoms with Crippen molar-refractivity contribution in [3.63, 3.8) is 0 Å². The van der Waals surface area contributed by atoms with Gasteiger partial charge in [0.25, 0.3) is 5.91 Å². The Morgan fingerprint density at radius 3 is 2.46 bits per heavy atom. The highest BCUT2D eigenvalue weighted by Crippen LogP contribution is 2.24. The minimum absolute atomic E-state index is 0.151. The van der Waals surface area contributed by atoms with Crippen LogP contribution in [0.4, 0.5) is 18.9 Å². The third-order valence-corrected chi connectivity index (χ3v) is 3.96. The zero-order valence-electron chi connectivity index (χ0n) is 13.7. The topological polar surface area (TPSA) is 64.6 Å². The van der Waals surface area contributed by atoms with Crippen molar-refractivity contribution >= 4 is 28.9 Å². The lowest BCUT2D eigenvalue weighted by Gasteiger charge is -2.14. The Hall–Kier alpha value is -2.55. The lowest BCUT2D eigenvalue weighted by Crippen LogP contribution is -2.30. The van der Waals surface area contributed by atoms with Crippen LogP contribution >= 0.6 is 11.3 Å². The van der Waals surface area contributed by atoms with E-state index in [0.29, 0.717) is 6.42 Å². The number of hydrogen-bond donors (Lipinski definition) is 1. The zero-order valence-corrected chi connectivity index (χ0v) is 14.5. The molecule has 0 radical (unpaired) electrons. The highest BCUT2D eigenvalue weighted by Gasteiger charge is 2.31. The van der Waals surface area contributed by atoms with Crippen molar-refractivity contribution in [2.24, 2.45) is 0 Å². The molecule has 0 bridgehead atoms. The first-order valence-electron chi connectivity index (χ1n) is 7.60. The predicted octanol–water partition coefficient (Wildman–Crippen LogP) is 4.15. The van der Waals surface area contributed by atoms with Gasteiger partial charge in [-0.3, -0.25) is 9.59 Å². The van der Waals surface area contributed by atoms with Gasteiger partial charge in [-0.25, -0.2) is 0 Å². The summed E-state index contributed by atoms with van der Waals surface area (Å²) in [5, 5.41) is 6.29. The van der Waals surface area contributed by atoms with E-state index >= 15 is 0 Å². The summed E-state index contributed by atoms with van der Waals surface area (Å²) in [5.41, 5.74) is 1.27. The molecule has 0 aliphatic carbocycles. The molecule has 5 nitrogen and oxygen atoms in total. The van der Waals surface area contributed by atoms with Gasteiger partial charge in [0.05, 0.1) is 0 Å². The van der Waals surface area contributed by atoms with E-state index in [9.17, 15) is 22.8 Å². The predicted molar refractivity (Wildman–Crippen MR) is 89.9 cm³/mol. The minimum Gasteiger partial charge on any atom is -0.453 e. The largest absolute Gasteiger partial charge is 0.573 e. The molecule has 26 heavy (non-hydrogen) atoms. The Labute approximate surface area is 151 Å². The van der Waals surface area contributed by atoms with Crippen LogP contribution in [0.5, 0.6) is 5.75 Å². The van der Waals surface area contributed by atoms with Crippen molar-refractivity contribution in [2.45, 2.75) is 32.2 Å². The number of carbonyl (C=O) groups is 2. The van der Waals surface area contributed by atoms with Crippen LogP contribution in [0.3, 0.4) is 0 Å².